The molecule has 0 bridgehead atoms. The predicted molar refractivity (Wildman–Crippen MR) is 130 cm³/mol. The molecular formula is C25H20FN5O2S. The molecule has 0 spiro atoms. The molecule has 5 rings (SSSR count). The van der Waals surface area contributed by atoms with E-state index in [2.05, 4.69) is 16.4 Å². The first-order chi connectivity index (χ1) is 16.4. The maximum atomic E-state index is 15.2. The predicted octanol–water partition coefficient (Wildman–Crippen LogP) is 4.16. The number of carbonyl (C=O) groups is 2. The Morgan fingerprint density at radius 2 is 2.12 bits per heavy atom. The second-order valence-electron chi connectivity index (χ2n) is 8.30. The number of pyridine rings is 1. The lowest BCUT2D eigenvalue weighted by Gasteiger charge is -2.33. The van der Waals surface area contributed by atoms with E-state index in [1.807, 2.05) is 4.90 Å². The van der Waals surface area contributed by atoms with Crippen LogP contribution >= 0.6 is 11.8 Å². The van der Waals surface area contributed by atoms with Crippen LogP contribution in [0.25, 0.3) is 28.1 Å². The van der Waals surface area contributed by atoms with Crippen LogP contribution in [0.3, 0.4) is 0 Å². The maximum absolute atomic E-state index is 15.2. The summed E-state index contributed by atoms with van der Waals surface area (Å²) < 4.78 is 15.2. The average molecular weight is 474 g/mol. The summed E-state index contributed by atoms with van der Waals surface area (Å²) in [6, 6.07) is 12.5. The van der Waals surface area contributed by atoms with Crippen molar-refractivity contribution in [3.8, 4) is 17.2 Å². The van der Waals surface area contributed by atoms with E-state index < -0.39 is 11.1 Å². The van der Waals surface area contributed by atoms with Gasteiger partial charge in [0, 0.05) is 36.3 Å². The number of nitrogens with two attached hydrogens (primary N) is 1. The lowest BCUT2D eigenvalue weighted by Crippen LogP contribution is -2.43. The Labute approximate surface area is 199 Å². The highest BCUT2D eigenvalue weighted by atomic mass is 32.2. The molecule has 2 fully saturated rings. The molecule has 0 aliphatic carbocycles. The van der Waals surface area contributed by atoms with Gasteiger partial charge in [0.25, 0.3) is 11.1 Å². The molecule has 1 atom stereocenters. The van der Waals surface area contributed by atoms with Crippen LogP contribution in [0, 0.1) is 17.1 Å². The van der Waals surface area contributed by atoms with Crippen molar-refractivity contribution in [2.75, 3.05) is 18.0 Å². The zero-order valence-corrected chi connectivity index (χ0v) is 18.9. The highest BCUT2D eigenvalue weighted by Crippen LogP contribution is 2.35. The zero-order chi connectivity index (χ0) is 23.8. The summed E-state index contributed by atoms with van der Waals surface area (Å²) >= 11 is 0.830. The number of benzene rings is 2. The fourth-order valence-corrected chi connectivity index (χ4v) is 5.10. The fraction of sp³-hybridized carbons (Fsp3) is 0.200. The van der Waals surface area contributed by atoms with Crippen LogP contribution in [0.15, 0.2) is 47.5 Å². The van der Waals surface area contributed by atoms with E-state index in [0.717, 1.165) is 31.1 Å². The number of nitriles is 1. The molecule has 2 amide bonds. The minimum absolute atomic E-state index is 0.0186. The number of nitrogens with one attached hydrogen (secondary N) is 1. The first kappa shape index (κ1) is 22.1. The van der Waals surface area contributed by atoms with Gasteiger partial charge in [-0.1, -0.05) is 12.1 Å². The van der Waals surface area contributed by atoms with E-state index in [9.17, 15) is 14.9 Å². The number of anilines is 1. The highest BCUT2D eigenvalue weighted by molar-refractivity contribution is 8.18. The van der Waals surface area contributed by atoms with E-state index in [4.69, 9.17) is 5.73 Å². The summed E-state index contributed by atoms with van der Waals surface area (Å²) in [4.78, 5) is 30.0. The Bertz CT molecular complexity index is 1410. The number of imide groups is 1. The van der Waals surface area contributed by atoms with Crippen molar-refractivity contribution in [1.82, 2.24) is 10.3 Å². The van der Waals surface area contributed by atoms with Crippen LogP contribution in [-0.4, -0.2) is 35.3 Å². The quantitative estimate of drug-likeness (QED) is 0.549. The summed E-state index contributed by atoms with van der Waals surface area (Å²) in [5.41, 5.74) is 9.28. The molecule has 3 aromatic rings. The number of fused-ring (bicyclic) bond motifs is 1. The molecule has 0 unspecified atom stereocenters. The Morgan fingerprint density at radius 3 is 2.82 bits per heavy atom. The largest absolute Gasteiger partial charge is 0.368 e. The van der Waals surface area contributed by atoms with Crippen molar-refractivity contribution in [2.24, 2.45) is 5.73 Å². The van der Waals surface area contributed by atoms with Crippen LogP contribution in [0.5, 0.6) is 0 Å². The van der Waals surface area contributed by atoms with Crippen LogP contribution in [0.2, 0.25) is 0 Å². The third-order valence-electron chi connectivity index (χ3n) is 5.99. The molecule has 34 heavy (non-hydrogen) atoms. The molecule has 2 aliphatic rings. The number of rotatable bonds is 3. The van der Waals surface area contributed by atoms with Gasteiger partial charge in [0.15, 0.2) is 0 Å². The second-order valence-corrected chi connectivity index (χ2v) is 9.32. The minimum atomic E-state index is -0.450. The molecule has 7 nitrogen and oxygen atoms in total. The van der Waals surface area contributed by atoms with Gasteiger partial charge in [-0.2, -0.15) is 5.26 Å². The topological polar surface area (TPSA) is 112 Å². The van der Waals surface area contributed by atoms with Gasteiger partial charge in [0.05, 0.1) is 21.7 Å². The van der Waals surface area contributed by atoms with Gasteiger partial charge in [-0.05, 0) is 66.1 Å². The van der Waals surface area contributed by atoms with Crippen molar-refractivity contribution < 1.29 is 14.0 Å². The average Bonchev–Trinajstić information content (AvgIpc) is 3.14. The Hall–Kier alpha value is -3.74. The van der Waals surface area contributed by atoms with Gasteiger partial charge in [0.2, 0.25) is 0 Å². The van der Waals surface area contributed by atoms with Gasteiger partial charge in [-0.3, -0.25) is 19.9 Å². The number of nitrogens with zero attached hydrogens (tertiary/aromatic N) is 3. The number of thioether (sulfide) groups is 1. The fourth-order valence-electron chi connectivity index (χ4n) is 4.42. The number of amides is 2. The number of halogens is 1. The van der Waals surface area contributed by atoms with E-state index in [0.29, 0.717) is 45.4 Å². The van der Waals surface area contributed by atoms with Gasteiger partial charge in [-0.15, -0.1) is 0 Å². The van der Waals surface area contributed by atoms with Gasteiger partial charge < -0.3 is 10.6 Å². The molecule has 2 aliphatic heterocycles. The van der Waals surface area contributed by atoms with Gasteiger partial charge in [-0.25, -0.2) is 4.39 Å². The molecule has 3 N–H and O–H groups in total. The molecule has 0 radical (unpaired) electrons. The Balaban J connectivity index is 1.60. The molecule has 9 heteroatoms. The third kappa shape index (κ3) is 4.14. The van der Waals surface area contributed by atoms with E-state index >= 15 is 4.39 Å². The number of hydrogen-bond donors (Lipinski definition) is 2. The number of aromatic nitrogens is 1. The normalized spacial score (nSPS) is 19.5. The number of piperidine rings is 1. The second kappa shape index (κ2) is 8.89. The smallest absolute Gasteiger partial charge is 0.290 e. The summed E-state index contributed by atoms with van der Waals surface area (Å²) in [6.45, 7) is 1.35. The number of hydrogen-bond acceptors (Lipinski definition) is 7. The summed E-state index contributed by atoms with van der Waals surface area (Å²) in [5, 5.41) is 12.2. The molecular weight excluding hydrogens is 453 g/mol. The van der Waals surface area contributed by atoms with Crippen LogP contribution in [0.1, 0.15) is 24.0 Å². The van der Waals surface area contributed by atoms with Crippen molar-refractivity contribution in [2.45, 2.75) is 18.9 Å². The summed E-state index contributed by atoms with van der Waals surface area (Å²) in [7, 11) is 0. The molecule has 3 heterocycles. The van der Waals surface area contributed by atoms with E-state index in [-0.39, 0.29) is 16.8 Å². The zero-order valence-electron chi connectivity index (χ0n) is 18.0. The first-order valence-electron chi connectivity index (χ1n) is 10.8. The van der Waals surface area contributed by atoms with E-state index in [1.165, 1.54) is 12.3 Å². The molecule has 2 aromatic carbocycles. The summed E-state index contributed by atoms with van der Waals surface area (Å²) in [5.74, 6) is -0.828. The highest BCUT2D eigenvalue weighted by Gasteiger charge is 2.25. The van der Waals surface area contributed by atoms with E-state index in [1.54, 1.807) is 36.4 Å². The van der Waals surface area contributed by atoms with Crippen molar-refractivity contribution in [3.63, 3.8) is 0 Å². The SMILES string of the molecule is N#Cc1cnc2ccc(C=C3SC(=O)NC3=O)cc2c1-c1ccc(N2CCC[C@H](N)C2)c(F)c1. The molecule has 0 saturated carbocycles. The molecule has 170 valence electrons. The minimum Gasteiger partial charge on any atom is -0.368 e. The van der Waals surface area contributed by atoms with Crippen molar-refractivity contribution in [1.29, 1.82) is 5.26 Å². The molecule has 1 aromatic heterocycles. The first-order valence-corrected chi connectivity index (χ1v) is 11.6. The Kier molecular flexibility index (Phi) is 5.77. The van der Waals surface area contributed by atoms with Gasteiger partial charge in [0.1, 0.15) is 11.9 Å². The van der Waals surface area contributed by atoms with Crippen LogP contribution in [0.4, 0.5) is 14.9 Å². The van der Waals surface area contributed by atoms with Crippen LogP contribution < -0.4 is 16.0 Å². The number of carbonyl (C=O) groups excluding carboxylic acids is 2. The van der Waals surface area contributed by atoms with Crippen molar-refractivity contribution >= 4 is 45.6 Å². The standard InChI is InChI=1S/C25H20FN5O2S/c26-19-10-15(4-6-21(19)31-7-1-2-17(28)13-31)23-16(11-27)12-29-20-5-3-14(8-18(20)23)9-22-24(32)30-25(33)34-22/h3-6,8-10,12,17H,1-2,7,13,28H2,(H,30,32,33)/t17-/m0/s1. The Morgan fingerprint density at radius 1 is 1.26 bits per heavy atom. The summed E-state index contributed by atoms with van der Waals surface area (Å²) in [6.07, 6.45) is 4.92. The maximum Gasteiger partial charge on any atom is 0.290 e. The monoisotopic (exact) mass is 473 g/mol. The lowest BCUT2D eigenvalue weighted by molar-refractivity contribution is -0.115. The van der Waals surface area contributed by atoms with Crippen molar-refractivity contribution in [3.05, 3.63) is 64.4 Å². The van der Waals surface area contributed by atoms with Crippen LogP contribution in [-0.2, 0) is 4.79 Å². The lowest BCUT2D eigenvalue weighted by atomic mass is 9.95. The van der Waals surface area contributed by atoms with Gasteiger partial charge >= 0.3 is 0 Å². The molecule has 2 saturated heterocycles. The third-order valence-corrected chi connectivity index (χ3v) is 6.80.